The van der Waals surface area contributed by atoms with Gasteiger partial charge < -0.3 is 14.8 Å². The number of piperidine rings is 1. The molecule has 0 spiro atoms. The Labute approximate surface area is 132 Å². The topological polar surface area (TPSA) is 63.1 Å². The molecule has 1 saturated heterocycles. The number of rotatable bonds is 3. The van der Waals surface area contributed by atoms with Crippen LogP contribution < -0.4 is 5.32 Å². The van der Waals surface area contributed by atoms with Gasteiger partial charge in [-0.25, -0.2) is 4.79 Å². The number of carbonyl (C=O) groups excluding carboxylic acids is 1. The van der Waals surface area contributed by atoms with Gasteiger partial charge in [-0.2, -0.15) is 0 Å². The number of hydrogen-bond acceptors (Lipinski definition) is 3. The van der Waals surface area contributed by atoms with Crippen LogP contribution in [0.15, 0.2) is 6.33 Å². The highest BCUT2D eigenvalue weighted by Crippen LogP contribution is 2.21. The highest BCUT2D eigenvalue weighted by Gasteiger charge is 2.26. The van der Waals surface area contributed by atoms with Crippen molar-refractivity contribution in [1.82, 2.24) is 25.0 Å². The van der Waals surface area contributed by atoms with Crippen molar-refractivity contribution in [2.75, 3.05) is 13.1 Å². The van der Waals surface area contributed by atoms with Gasteiger partial charge in [-0.3, -0.25) is 0 Å². The predicted molar refractivity (Wildman–Crippen MR) is 84.4 cm³/mol. The van der Waals surface area contributed by atoms with Crippen LogP contribution in [0.2, 0.25) is 0 Å². The molecule has 22 heavy (non-hydrogen) atoms. The van der Waals surface area contributed by atoms with Crippen LogP contribution >= 0.6 is 0 Å². The third kappa shape index (κ3) is 3.78. The number of carbonyl (C=O) groups is 1. The lowest BCUT2D eigenvalue weighted by molar-refractivity contribution is 0.158. The second-order valence-corrected chi connectivity index (χ2v) is 6.80. The zero-order valence-electron chi connectivity index (χ0n) is 13.5. The molecule has 1 aromatic rings. The summed E-state index contributed by atoms with van der Waals surface area (Å²) in [5, 5.41) is 11.3. The molecule has 1 atom stereocenters. The highest BCUT2D eigenvalue weighted by atomic mass is 16.2. The van der Waals surface area contributed by atoms with Gasteiger partial charge in [-0.05, 0) is 31.6 Å². The summed E-state index contributed by atoms with van der Waals surface area (Å²) in [7, 11) is 1.98. The molecule has 2 amide bonds. The molecule has 1 saturated carbocycles. The summed E-state index contributed by atoms with van der Waals surface area (Å²) >= 11 is 0. The van der Waals surface area contributed by atoms with Crippen molar-refractivity contribution in [2.45, 2.75) is 57.4 Å². The SMILES string of the molecule is Cn1cnnc1C[C@H]1CCCN(C(=O)NC2CCCCC2)C1. The minimum atomic E-state index is 0.134. The van der Waals surface area contributed by atoms with E-state index in [1.165, 1.54) is 25.7 Å². The van der Waals surface area contributed by atoms with Crippen LogP contribution in [0, 0.1) is 5.92 Å². The second-order valence-electron chi connectivity index (χ2n) is 6.80. The third-order valence-electron chi connectivity index (χ3n) is 5.02. The van der Waals surface area contributed by atoms with E-state index in [0.29, 0.717) is 12.0 Å². The van der Waals surface area contributed by atoms with Gasteiger partial charge in [-0.1, -0.05) is 19.3 Å². The van der Waals surface area contributed by atoms with Crippen molar-refractivity contribution in [1.29, 1.82) is 0 Å². The molecule has 1 aliphatic carbocycles. The minimum absolute atomic E-state index is 0.134. The van der Waals surface area contributed by atoms with E-state index in [-0.39, 0.29) is 6.03 Å². The highest BCUT2D eigenvalue weighted by molar-refractivity contribution is 5.74. The lowest BCUT2D eigenvalue weighted by Gasteiger charge is -2.34. The van der Waals surface area contributed by atoms with E-state index in [9.17, 15) is 4.79 Å². The van der Waals surface area contributed by atoms with E-state index in [4.69, 9.17) is 0 Å². The third-order valence-corrected chi connectivity index (χ3v) is 5.02. The first kappa shape index (κ1) is 15.3. The molecule has 1 N–H and O–H groups in total. The smallest absolute Gasteiger partial charge is 0.317 e. The van der Waals surface area contributed by atoms with E-state index in [0.717, 1.165) is 44.6 Å². The Morgan fingerprint density at radius 1 is 1.27 bits per heavy atom. The summed E-state index contributed by atoms with van der Waals surface area (Å²) in [6, 6.07) is 0.523. The van der Waals surface area contributed by atoms with Gasteiger partial charge in [0.2, 0.25) is 0 Å². The fourth-order valence-corrected chi connectivity index (χ4v) is 3.68. The molecule has 6 heteroatoms. The minimum Gasteiger partial charge on any atom is -0.335 e. The Bertz CT molecular complexity index is 494. The number of likely N-dealkylation sites (tertiary alicyclic amines) is 1. The summed E-state index contributed by atoms with van der Waals surface area (Å²) < 4.78 is 1.97. The van der Waals surface area contributed by atoms with Crippen molar-refractivity contribution in [3.63, 3.8) is 0 Å². The van der Waals surface area contributed by atoms with E-state index in [1.54, 1.807) is 6.33 Å². The van der Waals surface area contributed by atoms with E-state index in [2.05, 4.69) is 15.5 Å². The molecule has 2 fully saturated rings. The first-order valence-corrected chi connectivity index (χ1v) is 8.60. The molecular weight excluding hydrogens is 278 g/mol. The Balaban J connectivity index is 1.51. The number of aryl methyl sites for hydroxylation is 1. The fraction of sp³-hybridized carbons (Fsp3) is 0.812. The quantitative estimate of drug-likeness (QED) is 0.930. The Morgan fingerprint density at radius 3 is 2.82 bits per heavy atom. The predicted octanol–water partition coefficient (Wildman–Crippen LogP) is 2.11. The largest absolute Gasteiger partial charge is 0.335 e. The number of nitrogens with zero attached hydrogens (tertiary/aromatic N) is 4. The zero-order valence-corrected chi connectivity index (χ0v) is 13.5. The van der Waals surface area contributed by atoms with Crippen molar-refractivity contribution in [2.24, 2.45) is 13.0 Å². The summed E-state index contributed by atoms with van der Waals surface area (Å²) in [5.74, 6) is 1.51. The molecule has 3 rings (SSSR count). The monoisotopic (exact) mass is 305 g/mol. The first-order valence-electron chi connectivity index (χ1n) is 8.60. The lowest BCUT2D eigenvalue weighted by Crippen LogP contribution is -2.49. The first-order chi connectivity index (χ1) is 10.7. The zero-order chi connectivity index (χ0) is 15.4. The standard InChI is InChI=1S/C16H27N5O/c1-20-12-17-19-15(20)10-13-6-5-9-21(11-13)16(22)18-14-7-3-2-4-8-14/h12-14H,2-11H2,1H3,(H,18,22)/t13-/m1/s1. The van der Waals surface area contributed by atoms with Crippen LogP contribution in [0.3, 0.4) is 0 Å². The van der Waals surface area contributed by atoms with Crippen LogP contribution in [0.1, 0.15) is 50.8 Å². The number of amides is 2. The molecule has 1 aliphatic heterocycles. The molecule has 0 bridgehead atoms. The number of nitrogens with one attached hydrogen (secondary N) is 1. The van der Waals surface area contributed by atoms with Gasteiger partial charge in [0, 0.05) is 32.6 Å². The fourth-order valence-electron chi connectivity index (χ4n) is 3.68. The maximum absolute atomic E-state index is 12.5. The molecule has 6 nitrogen and oxygen atoms in total. The maximum Gasteiger partial charge on any atom is 0.317 e. The molecule has 0 unspecified atom stereocenters. The maximum atomic E-state index is 12.5. The van der Waals surface area contributed by atoms with Gasteiger partial charge in [0.25, 0.3) is 0 Å². The molecule has 0 aromatic carbocycles. The molecule has 2 heterocycles. The second kappa shape index (κ2) is 7.11. The van der Waals surface area contributed by atoms with Crippen LogP contribution in [0.4, 0.5) is 4.79 Å². The van der Waals surface area contributed by atoms with Gasteiger partial charge in [0.15, 0.2) is 0 Å². The van der Waals surface area contributed by atoms with Crippen LogP contribution in [-0.2, 0) is 13.5 Å². The van der Waals surface area contributed by atoms with Crippen LogP contribution in [-0.4, -0.2) is 44.8 Å². The van der Waals surface area contributed by atoms with E-state index in [1.807, 2.05) is 16.5 Å². The normalized spacial score (nSPS) is 23.5. The van der Waals surface area contributed by atoms with E-state index >= 15 is 0 Å². The van der Waals surface area contributed by atoms with Gasteiger partial charge >= 0.3 is 6.03 Å². The number of hydrogen-bond donors (Lipinski definition) is 1. The van der Waals surface area contributed by atoms with Crippen LogP contribution in [0.5, 0.6) is 0 Å². The molecule has 1 aromatic heterocycles. The summed E-state index contributed by atoms with van der Waals surface area (Å²) in [5.41, 5.74) is 0. The average molecular weight is 305 g/mol. The molecule has 122 valence electrons. The van der Waals surface area contributed by atoms with Crippen molar-refractivity contribution >= 4 is 6.03 Å². The van der Waals surface area contributed by atoms with Gasteiger partial charge in [0.1, 0.15) is 12.2 Å². The Morgan fingerprint density at radius 2 is 2.09 bits per heavy atom. The Kier molecular flexibility index (Phi) is 4.95. The summed E-state index contributed by atoms with van der Waals surface area (Å²) in [4.78, 5) is 14.5. The number of urea groups is 1. The average Bonchev–Trinajstić information content (AvgIpc) is 2.94. The molecule has 0 radical (unpaired) electrons. The molecular formula is C16H27N5O. The van der Waals surface area contributed by atoms with Crippen molar-refractivity contribution in [3.8, 4) is 0 Å². The van der Waals surface area contributed by atoms with Crippen molar-refractivity contribution in [3.05, 3.63) is 12.2 Å². The van der Waals surface area contributed by atoms with Gasteiger partial charge in [0.05, 0.1) is 0 Å². The van der Waals surface area contributed by atoms with E-state index < -0.39 is 0 Å². The summed E-state index contributed by atoms with van der Waals surface area (Å²) in [6.07, 6.45) is 11.0. The number of aromatic nitrogens is 3. The van der Waals surface area contributed by atoms with Crippen LogP contribution in [0.25, 0.3) is 0 Å². The summed E-state index contributed by atoms with van der Waals surface area (Å²) in [6.45, 7) is 1.72. The Hall–Kier alpha value is -1.59. The lowest BCUT2D eigenvalue weighted by atomic mass is 9.94. The van der Waals surface area contributed by atoms with Crippen molar-refractivity contribution < 1.29 is 4.79 Å². The molecule has 2 aliphatic rings. The van der Waals surface area contributed by atoms with Gasteiger partial charge in [-0.15, -0.1) is 10.2 Å².